The number of methoxy groups -OCH3 is 1. The molecule has 1 N–H and O–H groups in total. The Morgan fingerprint density at radius 1 is 0.842 bits per heavy atom. The summed E-state index contributed by atoms with van der Waals surface area (Å²) in [5, 5.41) is 3.17. The number of aryl methyl sites for hydroxylation is 4. The number of carbonyl (C=O) groups is 2. The number of hydrogen-bond donors (Lipinski definition) is 1. The number of carbonyl (C=O) groups excluding carboxylic acids is 2. The molecule has 0 radical (unpaired) electrons. The van der Waals surface area contributed by atoms with Gasteiger partial charge in [-0.25, -0.2) is 4.79 Å². The minimum absolute atomic E-state index is 0.0294. The van der Waals surface area contributed by atoms with Crippen molar-refractivity contribution < 1.29 is 19.1 Å². The lowest BCUT2D eigenvalue weighted by molar-refractivity contribution is -0.164. The van der Waals surface area contributed by atoms with E-state index >= 15 is 0 Å². The molecule has 0 saturated carbocycles. The van der Waals surface area contributed by atoms with Crippen LogP contribution in [-0.2, 0) is 25.5 Å². The Hall–Kier alpha value is -3.44. The van der Waals surface area contributed by atoms with Crippen molar-refractivity contribution in [2.24, 2.45) is 0 Å². The smallest absolute Gasteiger partial charge is 0.339 e. The molecule has 1 unspecified atom stereocenters. The van der Waals surface area contributed by atoms with Gasteiger partial charge in [-0.1, -0.05) is 36.4 Å². The average Bonchev–Trinajstić information content (AvgIpc) is 2.84. The Labute approximate surface area is 226 Å². The molecule has 0 spiro atoms. The van der Waals surface area contributed by atoms with Gasteiger partial charge in [0.05, 0.1) is 18.4 Å². The van der Waals surface area contributed by atoms with E-state index in [1.807, 2.05) is 20.8 Å². The summed E-state index contributed by atoms with van der Waals surface area (Å²) in [6, 6.07) is 12.8. The van der Waals surface area contributed by atoms with Crippen LogP contribution in [0.2, 0.25) is 0 Å². The highest BCUT2D eigenvalue weighted by Gasteiger charge is 2.37. The maximum Gasteiger partial charge on any atom is 0.339 e. The van der Waals surface area contributed by atoms with Crippen LogP contribution in [0.5, 0.6) is 0 Å². The molecule has 1 aliphatic heterocycles. The lowest BCUT2D eigenvalue weighted by Crippen LogP contribution is -2.31. The van der Waals surface area contributed by atoms with E-state index in [1.165, 1.54) is 23.8 Å². The first-order valence-corrected chi connectivity index (χ1v) is 13.2. The summed E-state index contributed by atoms with van der Waals surface area (Å²) in [5.74, 6) is -0.485. The Balaban J connectivity index is 2.18. The minimum Gasteiger partial charge on any atom is -0.467 e. The number of amides is 1. The van der Waals surface area contributed by atoms with E-state index in [9.17, 15) is 9.59 Å². The molecule has 38 heavy (non-hydrogen) atoms. The average molecular weight is 514 g/mol. The molecule has 200 valence electrons. The minimum atomic E-state index is -0.951. The fraction of sp³-hybridized carbons (Fsp3) is 0.394. The van der Waals surface area contributed by atoms with Crippen molar-refractivity contribution in [1.82, 2.24) is 0 Å². The van der Waals surface area contributed by atoms with Crippen molar-refractivity contribution in [1.29, 1.82) is 0 Å². The van der Waals surface area contributed by atoms with Gasteiger partial charge in [-0.2, -0.15) is 0 Å². The SMILES string of the molecule is COC(=O)C(OC(C)(C)C)c1c2c(c(-c3ccc(C)c(C)c3)c(C)c1-c1ccc(C)c(C)c1)NC(=O)CC2. The lowest BCUT2D eigenvalue weighted by Gasteiger charge is -2.34. The van der Waals surface area contributed by atoms with Gasteiger partial charge in [0, 0.05) is 17.5 Å². The number of benzene rings is 3. The Morgan fingerprint density at radius 2 is 1.39 bits per heavy atom. The van der Waals surface area contributed by atoms with Crippen molar-refractivity contribution in [2.75, 3.05) is 12.4 Å². The zero-order chi connectivity index (χ0) is 27.9. The maximum atomic E-state index is 13.4. The van der Waals surface area contributed by atoms with Crippen LogP contribution in [0.15, 0.2) is 36.4 Å². The molecule has 0 aromatic heterocycles. The molecule has 5 heteroatoms. The van der Waals surface area contributed by atoms with Crippen LogP contribution >= 0.6 is 0 Å². The van der Waals surface area contributed by atoms with E-state index in [4.69, 9.17) is 9.47 Å². The van der Waals surface area contributed by atoms with E-state index in [0.717, 1.165) is 50.2 Å². The van der Waals surface area contributed by atoms with Crippen molar-refractivity contribution in [3.05, 3.63) is 75.3 Å². The number of fused-ring (bicyclic) bond motifs is 1. The van der Waals surface area contributed by atoms with Crippen LogP contribution in [-0.4, -0.2) is 24.6 Å². The van der Waals surface area contributed by atoms with E-state index in [0.29, 0.717) is 12.8 Å². The summed E-state index contributed by atoms with van der Waals surface area (Å²) in [6.07, 6.45) is -0.105. The monoisotopic (exact) mass is 513 g/mol. The third-order valence-electron chi connectivity index (χ3n) is 7.50. The van der Waals surface area contributed by atoms with Crippen molar-refractivity contribution in [2.45, 2.75) is 79.9 Å². The number of nitrogens with one attached hydrogen (secondary N) is 1. The first-order valence-electron chi connectivity index (χ1n) is 13.2. The number of ether oxygens (including phenoxy) is 2. The van der Waals surface area contributed by atoms with Gasteiger partial charge in [0.25, 0.3) is 0 Å². The molecule has 1 heterocycles. The molecule has 1 atom stereocenters. The third-order valence-corrected chi connectivity index (χ3v) is 7.50. The topological polar surface area (TPSA) is 64.6 Å². The van der Waals surface area contributed by atoms with Gasteiger partial charge in [0.1, 0.15) is 0 Å². The van der Waals surface area contributed by atoms with E-state index in [-0.39, 0.29) is 5.91 Å². The highest BCUT2D eigenvalue weighted by atomic mass is 16.6. The molecule has 3 aromatic carbocycles. The van der Waals surface area contributed by atoms with Crippen LogP contribution in [0, 0.1) is 34.6 Å². The molecule has 4 rings (SSSR count). The zero-order valence-electron chi connectivity index (χ0n) is 24.1. The van der Waals surface area contributed by atoms with Gasteiger partial charge >= 0.3 is 5.97 Å². The summed E-state index contributed by atoms with van der Waals surface area (Å²) in [7, 11) is 1.39. The largest absolute Gasteiger partial charge is 0.467 e. The molecule has 5 nitrogen and oxygen atoms in total. The molecule has 0 fully saturated rings. The molecule has 0 aliphatic carbocycles. The van der Waals surface area contributed by atoms with Crippen molar-refractivity contribution in [3.8, 4) is 22.3 Å². The molecule has 1 aliphatic rings. The fourth-order valence-electron chi connectivity index (χ4n) is 5.29. The maximum absolute atomic E-state index is 13.4. The predicted molar refractivity (Wildman–Crippen MR) is 154 cm³/mol. The number of esters is 1. The van der Waals surface area contributed by atoms with Crippen molar-refractivity contribution >= 4 is 17.6 Å². The van der Waals surface area contributed by atoms with Gasteiger partial charge < -0.3 is 14.8 Å². The van der Waals surface area contributed by atoms with Crippen LogP contribution in [0.25, 0.3) is 22.3 Å². The number of hydrogen-bond acceptors (Lipinski definition) is 4. The van der Waals surface area contributed by atoms with Crippen LogP contribution in [0.4, 0.5) is 5.69 Å². The second-order valence-corrected chi connectivity index (χ2v) is 11.4. The van der Waals surface area contributed by atoms with Crippen LogP contribution in [0.1, 0.15) is 72.2 Å². The molecule has 1 amide bonds. The highest BCUT2D eigenvalue weighted by Crippen LogP contribution is 2.49. The molecular weight excluding hydrogens is 474 g/mol. The predicted octanol–water partition coefficient (Wildman–Crippen LogP) is 7.48. The summed E-state index contributed by atoms with van der Waals surface area (Å²) < 4.78 is 11.7. The zero-order valence-corrected chi connectivity index (χ0v) is 24.1. The third kappa shape index (κ3) is 5.25. The van der Waals surface area contributed by atoms with Gasteiger partial charge in [-0.15, -0.1) is 0 Å². The Kier molecular flexibility index (Phi) is 7.53. The first-order chi connectivity index (χ1) is 17.8. The molecular formula is C33H39NO4. The Bertz CT molecular complexity index is 1430. The van der Waals surface area contributed by atoms with Gasteiger partial charge in [-0.05, 0) is 112 Å². The van der Waals surface area contributed by atoms with Crippen LogP contribution < -0.4 is 5.32 Å². The van der Waals surface area contributed by atoms with E-state index in [1.54, 1.807) is 0 Å². The summed E-state index contributed by atoms with van der Waals surface area (Å²) in [4.78, 5) is 26.1. The normalized spacial score (nSPS) is 14.1. The van der Waals surface area contributed by atoms with Gasteiger partial charge in [-0.3, -0.25) is 4.79 Å². The van der Waals surface area contributed by atoms with E-state index < -0.39 is 17.7 Å². The lowest BCUT2D eigenvalue weighted by atomic mass is 9.79. The Morgan fingerprint density at radius 3 is 1.89 bits per heavy atom. The summed E-state index contributed by atoms with van der Waals surface area (Å²) >= 11 is 0. The van der Waals surface area contributed by atoms with Gasteiger partial charge in [0.15, 0.2) is 6.10 Å². The molecule has 3 aromatic rings. The van der Waals surface area contributed by atoms with Crippen molar-refractivity contribution in [3.63, 3.8) is 0 Å². The molecule has 0 saturated heterocycles. The molecule has 0 bridgehead atoms. The summed E-state index contributed by atoms with van der Waals surface area (Å²) in [5.41, 5.74) is 11.6. The number of rotatable bonds is 5. The highest BCUT2D eigenvalue weighted by molar-refractivity contribution is 6.03. The van der Waals surface area contributed by atoms with E-state index in [2.05, 4.69) is 76.3 Å². The second kappa shape index (κ2) is 10.4. The first kappa shape index (κ1) is 27.6. The second-order valence-electron chi connectivity index (χ2n) is 11.4. The standard InChI is InChI=1S/C33H39NO4/c1-18-10-12-23(16-20(18)3)27-22(5)28(24-13-11-19(2)21(4)17-24)30-25(14-15-26(35)34-30)29(27)31(32(36)37-9)38-33(6,7)8/h10-13,16-17,31H,14-15H2,1-9H3,(H,34,35). The quantitative estimate of drug-likeness (QED) is 0.359. The van der Waals surface area contributed by atoms with Crippen LogP contribution in [0.3, 0.4) is 0 Å². The fourth-order valence-corrected chi connectivity index (χ4v) is 5.29. The summed E-state index contributed by atoms with van der Waals surface area (Å²) in [6.45, 7) is 16.3. The number of anilines is 1. The van der Waals surface area contributed by atoms with Gasteiger partial charge in [0.2, 0.25) is 5.91 Å².